The van der Waals surface area contributed by atoms with Gasteiger partial charge in [-0.1, -0.05) is 48.5 Å². The Morgan fingerprint density at radius 1 is 0.933 bits per heavy atom. The number of amides is 1. The van der Waals surface area contributed by atoms with E-state index in [1.54, 1.807) is 13.2 Å². The molecule has 0 radical (unpaired) electrons. The van der Waals surface area contributed by atoms with Crippen LogP contribution in [0, 0.1) is 6.92 Å². The van der Waals surface area contributed by atoms with E-state index in [4.69, 9.17) is 14.2 Å². The van der Waals surface area contributed by atoms with Crippen molar-refractivity contribution in [1.29, 1.82) is 0 Å². The number of benzene rings is 3. The van der Waals surface area contributed by atoms with Crippen molar-refractivity contribution in [2.24, 2.45) is 5.10 Å². The lowest BCUT2D eigenvalue weighted by molar-refractivity contribution is -0.123. The molecule has 3 aromatic rings. The molecule has 0 aliphatic rings. The second-order valence-electron chi connectivity index (χ2n) is 6.53. The van der Waals surface area contributed by atoms with Crippen molar-refractivity contribution in [2.45, 2.75) is 13.5 Å². The average molecular weight is 404 g/mol. The minimum Gasteiger partial charge on any atom is -0.493 e. The van der Waals surface area contributed by atoms with Crippen LogP contribution in [0.4, 0.5) is 0 Å². The quantitative estimate of drug-likeness (QED) is 0.430. The van der Waals surface area contributed by atoms with Gasteiger partial charge in [0.2, 0.25) is 0 Å². The van der Waals surface area contributed by atoms with Gasteiger partial charge in [-0.2, -0.15) is 5.10 Å². The predicted molar refractivity (Wildman–Crippen MR) is 116 cm³/mol. The summed E-state index contributed by atoms with van der Waals surface area (Å²) < 4.78 is 16.7. The van der Waals surface area contributed by atoms with Gasteiger partial charge in [-0.15, -0.1) is 0 Å². The topological polar surface area (TPSA) is 69.2 Å². The molecule has 0 aliphatic carbocycles. The maximum absolute atomic E-state index is 11.9. The summed E-state index contributed by atoms with van der Waals surface area (Å²) in [4.78, 5) is 11.9. The highest BCUT2D eigenvalue weighted by molar-refractivity contribution is 5.83. The highest BCUT2D eigenvalue weighted by atomic mass is 16.5. The first-order valence-electron chi connectivity index (χ1n) is 9.51. The van der Waals surface area contributed by atoms with Gasteiger partial charge in [-0.25, -0.2) is 5.43 Å². The zero-order valence-electron chi connectivity index (χ0n) is 17.0. The fourth-order valence-corrected chi connectivity index (χ4v) is 2.69. The van der Waals surface area contributed by atoms with Crippen LogP contribution < -0.4 is 19.6 Å². The molecule has 30 heavy (non-hydrogen) atoms. The Balaban J connectivity index is 1.52. The molecule has 3 aromatic carbocycles. The highest BCUT2D eigenvalue weighted by Gasteiger charge is 2.06. The van der Waals surface area contributed by atoms with Crippen LogP contribution in [0.3, 0.4) is 0 Å². The zero-order valence-corrected chi connectivity index (χ0v) is 17.0. The van der Waals surface area contributed by atoms with E-state index < -0.39 is 0 Å². The molecule has 0 bridgehead atoms. The molecule has 0 spiro atoms. The van der Waals surface area contributed by atoms with Gasteiger partial charge in [-0.05, 0) is 47.9 Å². The van der Waals surface area contributed by atoms with E-state index in [-0.39, 0.29) is 12.5 Å². The van der Waals surface area contributed by atoms with Crippen LogP contribution in [0.15, 0.2) is 77.9 Å². The van der Waals surface area contributed by atoms with Crippen LogP contribution in [0.5, 0.6) is 17.2 Å². The Kier molecular flexibility index (Phi) is 7.44. The van der Waals surface area contributed by atoms with Crippen molar-refractivity contribution in [3.63, 3.8) is 0 Å². The van der Waals surface area contributed by atoms with Gasteiger partial charge < -0.3 is 14.2 Å². The van der Waals surface area contributed by atoms with E-state index in [2.05, 4.69) is 10.5 Å². The lowest BCUT2D eigenvalue weighted by Gasteiger charge is -2.11. The van der Waals surface area contributed by atoms with Gasteiger partial charge in [-0.3, -0.25) is 4.79 Å². The molecule has 0 aromatic heterocycles. The van der Waals surface area contributed by atoms with Crippen LogP contribution in [0.2, 0.25) is 0 Å². The zero-order chi connectivity index (χ0) is 21.2. The van der Waals surface area contributed by atoms with Crippen molar-refractivity contribution in [3.8, 4) is 17.2 Å². The maximum Gasteiger partial charge on any atom is 0.277 e. The SMILES string of the molecule is COc1cc(/C=N/NC(=O)COc2ccccc2C)ccc1OCc1ccccc1. The van der Waals surface area contributed by atoms with Gasteiger partial charge in [0.05, 0.1) is 13.3 Å². The number of methoxy groups -OCH3 is 1. The number of aryl methyl sites for hydroxylation is 1. The Morgan fingerprint density at radius 3 is 2.47 bits per heavy atom. The molecule has 6 heteroatoms. The van der Waals surface area contributed by atoms with Crippen molar-refractivity contribution in [2.75, 3.05) is 13.7 Å². The monoisotopic (exact) mass is 404 g/mol. The third-order valence-electron chi connectivity index (χ3n) is 4.28. The van der Waals surface area contributed by atoms with E-state index in [0.29, 0.717) is 23.9 Å². The number of nitrogens with one attached hydrogen (secondary N) is 1. The molecule has 0 heterocycles. The summed E-state index contributed by atoms with van der Waals surface area (Å²) in [7, 11) is 1.58. The number of hydrogen-bond acceptors (Lipinski definition) is 5. The summed E-state index contributed by atoms with van der Waals surface area (Å²) in [5.74, 6) is 1.55. The van der Waals surface area contributed by atoms with Gasteiger partial charge in [0, 0.05) is 0 Å². The Morgan fingerprint density at radius 2 is 1.70 bits per heavy atom. The fraction of sp³-hybridized carbons (Fsp3) is 0.167. The average Bonchev–Trinajstić information content (AvgIpc) is 2.78. The molecule has 0 saturated carbocycles. The summed E-state index contributed by atoms with van der Waals surface area (Å²) in [5.41, 5.74) is 5.25. The van der Waals surface area contributed by atoms with Crippen LogP contribution in [0.1, 0.15) is 16.7 Å². The molecule has 1 N–H and O–H groups in total. The van der Waals surface area contributed by atoms with E-state index in [1.165, 1.54) is 6.21 Å². The first-order valence-corrected chi connectivity index (χ1v) is 9.51. The van der Waals surface area contributed by atoms with E-state index in [9.17, 15) is 4.79 Å². The molecule has 0 fully saturated rings. The number of carbonyl (C=O) groups is 1. The molecule has 6 nitrogen and oxygen atoms in total. The largest absolute Gasteiger partial charge is 0.493 e. The number of hydrazone groups is 1. The summed E-state index contributed by atoms with van der Waals surface area (Å²) in [6.45, 7) is 2.26. The number of ether oxygens (including phenoxy) is 3. The third-order valence-corrected chi connectivity index (χ3v) is 4.28. The number of para-hydroxylation sites is 1. The molecular weight excluding hydrogens is 380 g/mol. The Labute approximate surface area is 176 Å². The second-order valence-corrected chi connectivity index (χ2v) is 6.53. The molecule has 154 valence electrons. The lowest BCUT2D eigenvalue weighted by atomic mass is 10.2. The van der Waals surface area contributed by atoms with E-state index >= 15 is 0 Å². The van der Waals surface area contributed by atoms with Gasteiger partial charge in [0.1, 0.15) is 12.4 Å². The van der Waals surface area contributed by atoms with Crippen LogP contribution >= 0.6 is 0 Å². The van der Waals surface area contributed by atoms with Crippen LogP contribution in [-0.2, 0) is 11.4 Å². The van der Waals surface area contributed by atoms with Crippen LogP contribution in [0.25, 0.3) is 0 Å². The molecule has 3 rings (SSSR count). The number of rotatable bonds is 9. The van der Waals surface area contributed by atoms with Gasteiger partial charge in [0.15, 0.2) is 18.1 Å². The molecule has 0 atom stereocenters. The lowest BCUT2D eigenvalue weighted by Crippen LogP contribution is -2.24. The molecule has 0 unspecified atom stereocenters. The number of nitrogens with zero attached hydrogens (tertiary/aromatic N) is 1. The van der Waals surface area contributed by atoms with Crippen molar-refractivity contribution < 1.29 is 19.0 Å². The van der Waals surface area contributed by atoms with E-state index in [0.717, 1.165) is 16.7 Å². The number of hydrogen-bond donors (Lipinski definition) is 1. The summed E-state index contributed by atoms with van der Waals surface area (Å²) >= 11 is 0. The van der Waals surface area contributed by atoms with Gasteiger partial charge in [0.25, 0.3) is 5.91 Å². The van der Waals surface area contributed by atoms with E-state index in [1.807, 2.05) is 73.7 Å². The summed E-state index contributed by atoms with van der Waals surface area (Å²) in [6.07, 6.45) is 1.54. The van der Waals surface area contributed by atoms with Crippen molar-refractivity contribution in [1.82, 2.24) is 5.43 Å². The predicted octanol–water partition coefficient (Wildman–Crippen LogP) is 4.11. The molecular formula is C24H24N2O4. The first kappa shape index (κ1) is 20.9. The first-order chi connectivity index (χ1) is 14.7. The normalized spacial score (nSPS) is 10.6. The van der Waals surface area contributed by atoms with Crippen molar-refractivity contribution in [3.05, 3.63) is 89.5 Å². The fourth-order valence-electron chi connectivity index (χ4n) is 2.69. The molecule has 0 aliphatic heterocycles. The highest BCUT2D eigenvalue weighted by Crippen LogP contribution is 2.28. The Hall–Kier alpha value is -3.80. The Bertz CT molecular complexity index is 1000. The van der Waals surface area contributed by atoms with Gasteiger partial charge >= 0.3 is 0 Å². The van der Waals surface area contributed by atoms with Crippen molar-refractivity contribution >= 4 is 12.1 Å². The standard InChI is InChI=1S/C24H24N2O4/c1-18-8-6-7-11-21(18)30-17-24(27)26-25-15-20-12-13-22(23(14-20)28-2)29-16-19-9-4-3-5-10-19/h3-15H,16-17H2,1-2H3,(H,26,27)/b25-15+. The third kappa shape index (κ3) is 6.10. The summed E-state index contributed by atoms with van der Waals surface area (Å²) in [6, 6.07) is 22.9. The minimum absolute atomic E-state index is 0.113. The molecule has 0 saturated heterocycles. The maximum atomic E-state index is 11.9. The smallest absolute Gasteiger partial charge is 0.277 e. The number of carbonyl (C=O) groups excluding carboxylic acids is 1. The molecule has 1 amide bonds. The summed E-state index contributed by atoms with van der Waals surface area (Å²) in [5, 5.41) is 3.97. The minimum atomic E-state index is -0.343. The van der Waals surface area contributed by atoms with Crippen LogP contribution in [-0.4, -0.2) is 25.8 Å². The second kappa shape index (κ2) is 10.7.